The number of thioether (sulfide) groups is 1. The Morgan fingerprint density at radius 3 is 2.44 bits per heavy atom. The van der Waals surface area contributed by atoms with Crippen LogP contribution in [0.4, 0.5) is 0 Å². The summed E-state index contributed by atoms with van der Waals surface area (Å²) in [6, 6.07) is 17.9. The number of piperidine rings is 1. The fourth-order valence-corrected chi connectivity index (χ4v) is 3.68. The summed E-state index contributed by atoms with van der Waals surface area (Å²) in [4.78, 5) is 15.7. The Morgan fingerprint density at radius 2 is 1.76 bits per heavy atom. The highest BCUT2D eigenvalue weighted by Gasteiger charge is 2.21. The van der Waals surface area contributed by atoms with Crippen LogP contribution in [0.15, 0.2) is 59.5 Å². The summed E-state index contributed by atoms with van der Waals surface area (Å²) in [5.41, 5.74) is 0.751. The van der Waals surface area contributed by atoms with Crippen molar-refractivity contribution in [2.45, 2.75) is 24.7 Å². The van der Waals surface area contributed by atoms with E-state index in [1.54, 1.807) is 11.8 Å². The van der Waals surface area contributed by atoms with Crippen molar-refractivity contribution in [2.75, 3.05) is 25.4 Å². The first-order valence-corrected chi connectivity index (χ1v) is 9.91. The molecule has 25 heavy (non-hydrogen) atoms. The molecular formula is C21H25NO2S. The minimum Gasteiger partial charge on any atom is -0.493 e. The zero-order valence-electron chi connectivity index (χ0n) is 14.7. The number of hydrogen-bond donors (Lipinski definition) is 0. The van der Waals surface area contributed by atoms with Crippen LogP contribution in [0.5, 0.6) is 5.75 Å². The fourth-order valence-electron chi connectivity index (χ4n) is 2.92. The molecule has 0 saturated carbocycles. The predicted octanol–water partition coefficient (Wildman–Crippen LogP) is 4.73. The third kappa shape index (κ3) is 5.27. The summed E-state index contributed by atoms with van der Waals surface area (Å²) in [6.45, 7) is 4.64. The van der Waals surface area contributed by atoms with Crippen LogP contribution in [0.2, 0.25) is 0 Å². The first-order chi connectivity index (χ1) is 12.2. The van der Waals surface area contributed by atoms with Gasteiger partial charge in [0, 0.05) is 29.3 Å². The number of ether oxygens (including phenoxy) is 1. The van der Waals surface area contributed by atoms with Crippen molar-refractivity contribution < 1.29 is 9.53 Å². The number of hydrogen-bond acceptors (Lipinski definition) is 3. The molecule has 1 saturated heterocycles. The Bertz CT molecular complexity index is 664. The Kier molecular flexibility index (Phi) is 6.40. The van der Waals surface area contributed by atoms with Crippen molar-refractivity contribution in [3.05, 3.63) is 60.2 Å². The highest BCUT2D eigenvalue weighted by Crippen LogP contribution is 2.20. The van der Waals surface area contributed by atoms with E-state index in [0.29, 0.717) is 6.61 Å². The van der Waals surface area contributed by atoms with Gasteiger partial charge in [-0.1, -0.05) is 25.1 Å². The van der Waals surface area contributed by atoms with Gasteiger partial charge in [0.2, 0.25) is 0 Å². The summed E-state index contributed by atoms with van der Waals surface area (Å²) < 4.78 is 5.78. The van der Waals surface area contributed by atoms with Gasteiger partial charge in [0.1, 0.15) is 5.75 Å². The minimum absolute atomic E-state index is 0.137. The predicted molar refractivity (Wildman–Crippen MR) is 103 cm³/mol. The standard InChI is InChI=1S/C21H25NO2S/c1-17-11-13-22(14-12-17)21(23)18-7-9-19(10-8-18)24-15-16-25-20-5-3-2-4-6-20/h2-10,17H,11-16H2,1H3. The van der Waals surface area contributed by atoms with E-state index in [1.165, 1.54) is 4.90 Å². The number of carbonyl (C=O) groups excluding carboxylic acids is 1. The van der Waals surface area contributed by atoms with Gasteiger partial charge in [-0.15, -0.1) is 11.8 Å². The van der Waals surface area contributed by atoms with Crippen molar-refractivity contribution in [3.63, 3.8) is 0 Å². The lowest BCUT2D eigenvalue weighted by atomic mass is 9.98. The van der Waals surface area contributed by atoms with Crippen molar-refractivity contribution >= 4 is 17.7 Å². The van der Waals surface area contributed by atoms with Crippen molar-refractivity contribution in [3.8, 4) is 5.75 Å². The summed E-state index contributed by atoms with van der Waals surface area (Å²) >= 11 is 1.78. The van der Waals surface area contributed by atoms with E-state index in [4.69, 9.17) is 4.74 Å². The van der Waals surface area contributed by atoms with Gasteiger partial charge in [0.15, 0.2) is 0 Å². The van der Waals surface area contributed by atoms with Crippen molar-refractivity contribution in [1.29, 1.82) is 0 Å². The van der Waals surface area contributed by atoms with Gasteiger partial charge in [-0.25, -0.2) is 0 Å². The highest BCUT2D eigenvalue weighted by molar-refractivity contribution is 7.99. The van der Waals surface area contributed by atoms with Gasteiger partial charge in [-0.05, 0) is 55.2 Å². The van der Waals surface area contributed by atoms with Crippen LogP contribution in [0.3, 0.4) is 0 Å². The van der Waals surface area contributed by atoms with Crippen molar-refractivity contribution in [1.82, 2.24) is 4.90 Å². The molecule has 0 spiro atoms. The molecule has 1 aliphatic rings. The molecule has 1 amide bonds. The number of nitrogens with zero attached hydrogens (tertiary/aromatic N) is 1. The third-order valence-corrected chi connectivity index (χ3v) is 5.51. The average molecular weight is 356 g/mol. The quantitative estimate of drug-likeness (QED) is 0.554. The number of carbonyl (C=O) groups is 1. The molecular weight excluding hydrogens is 330 g/mol. The maximum absolute atomic E-state index is 12.5. The Balaban J connectivity index is 1.44. The zero-order valence-corrected chi connectivity index (χ0v) is 15.5. The second kappa shape index (κ2) is 8.95. The SMILES string of the molecule is CC1CCN(C(=O)c2ccc(OCCSc3ccccc3)cc2)CC1. The molecule has 4 heteroatoms. The van der Waals surface area contributed by atoms with Crippen LogP contribution in [0.25, 0.3) is 0 Å². The Hall–Kier alpha value is -1.94. The largest absolute Gasteiger partial charge is 0.493 e. The molecule has 1 aliphatic heterocycles. The highest BCUT2D eigenvalue weighted by atomic mass is 32.2. The number of benzene rings is 2. The molecule has 0 N–H and O–H groups in total. The minimum atomic E-state index is 0.137. The maximum Gasteiger partial charge on any atom is 0.253 e. The van der Waals surface area contributed by atoms with E-state index in [2.05, 4.69) is 19.1 Å². The molecule has 132 valence electrons. The van der Waals surface area contributed by atoms with Gasteiger partial charge in [0.05, 0.1) is 6.61 Å². The molecule has 1 fully saturated rings. The van der Waals surface area contributed by atoms with Crippen LogP contribution >= 0.6 is 11.8 Å². The van der Waals surface area contributed by atoms with Crippen LogP contribution in [0, 0.1) is 5.92 Å². The lowest BCUT2D eigenvalue weighted by molar-refractivity contribution is 0.0697. The monoisotopic (exact) mass is 355 g/mol. The number of rotatable bonds is 6. The molecule has 2 aromatic carbocycles. The number of amides is 1. The van der Waals surface area contributed by atoms with Gasteiger partial charge in [0.25, 0.3) is 5.91 Å². The summed E-state index contributed by atoms with van der Waals surface area (Å²) in [5, 5.41) is 0. The maximum atomic E-state index is 12.5. The molecule has 0 aromatic heterocycles. The zero-order chi connectivity index (χ0) is 17.5. The van der Waals surface area contributed by atoms with Crippen LogP contribution < -0.4 is 4.74 Å². The molecule has 2 aromatic rings. The van der Waals surface area contributed by atoms with E-state index in [9.17, 15) is 4.79 Å². The second-order valence-corrected chi connectivity index (χ2v) is 7.68. The van der Waals surface area contributed by atoms with Crippen LogP contribution in [-0.4, -0.2) is 36.3 Å². The Morgan fingerprint density at radius 1 is 1.08 bits per heavy atom. The average Bonchev–Trinajstić information content (AvgIpc) is 2.67. The third-order valence-electron chi connectivity index (χ3n) is 4.54. The first kappa shape index (κ1) is 17.9. The second-order valence-electron chi connectivity index (χ2n) is 6.51. The topological polar surface area (TPSA) is 29.5 Å². The first-order valence-electron chi connectivity index (χ1n) is 8.92. The van der Waals surface area contributed by atoms with Gasteiger partial charge >= 0.3 is 0 Å². The van der Waals surface area contributed by atoms with E-state index in [-0.39, 0.29) is 5.91 Å². The number of likely N-dealkylation sites (tertiary alicyclic amines) is 1. The fraction of sp³-hybridized carbons (Fsp3) is 0.381. The molecule has 3 nitrogen and oxygen atoms in total. The molecule has 0 radical (unpaired) electrons. The Labute approximate surface area is 154 Å². The summed E-state index contributed by atoms with van der Waals surface area (Å²) in [6.07, 6.45) is 2.21. The van der Waals surface area contributed by atoms with Gasteiger partial charge < -0.3 is 9.64 Å². The van der Waals surface area contributed by atoms with Crippen LogP contribution in [0.1, 0.15) is 30.1 Å². The van der Waals surface area contributed by atoms with E-state index >= 15 is 0 Å². The van der Waals surface area contributed by atoms with Crippen LogP contribution in [-0.2, 0) is 0 Å². The van der Waals surface area contributed by atoms with E-state index in [0.717, 1.165) is 48.9 Å². The molecule has 1 heterocycles. The molecule has 0 bridgehead atoms. The summed E-state index contributed by atoms with van der Waals surface area (Å²) in [7, 11) is 0. The van der Waals surface area contributed by atoms with Gasteiger partial charge in [-0.2, -0.15) is 0 Å². The van der Waals surface area contributed by atoms with E-state index in [1.807, 2.05) is 47.4 Å². The molecule has 0 aliphatic carbocycles. The lowest BCUT2D eigenvalue weighted by Crippen LogP contribution is -2.37. The molecule has 0 atom stereocenters. The normalized spacial score (nSPS) is 15.2. The van der Waals surface area contributed by atoms with E-state index < -0.39 is 0 Å². The smallest absolute Gasteiger partial charge is 0.253 e. The van der Waals surface area contributed by atoms with Crippen molar-refractivity contribution in [2.24, 2.45) is 5.92 Å². The van der Waals surface area contributed by atoms with Gasteiger partial charge in [-0.3, -0.25) is 4.79 Å². The molecule has 0 unspecified atom stereocenters. The molecule has 3 rings (SSSR count). The summed E-state index contributed by atoms with van der Waals surface area (Å²) in [5.74, 6) is 2.58. The lowest BCUT2D eigenvalue weighted by Gasteiger charge is -2.30.